The average Bonchev–Trinajstić information content (AvgIpc) is 2.42. The summed E-state index contributed by atoms with van der Waals surface area (Å²) in [7, 11) is 0. The van der Waals surface area contributed by atoms with Crippen molar-refractivity contribution in [3.63, 3.8) is 0 Å². The molecule has 1 aliphatic heterocycles. The van der Waals surface area contributed by atoms with Crippen LogP contribution in [0.15, 0.2) is 18.2 Å². The summed E-state index contributed by atoms with van der Waals surface area (Å²) in [6, 6.07) is 7.12. The van der Waals surface area contributed by atoms with Gasteiger partial charge in [-0.1, -0.05) is 50.0 Å². The van der Waals surface area contributed by atoms with Crippen LogP contribution in [0, 0.1) is 5.92 Å². The van der Waals surface area contributed by atoms with Gasteiger partial charge in [0.2, 0.25) is 0 Å². The number of nitrogens with one attached hydrogen (secondary N) is 1. The molecule has 2 rings (SSSR count). The van der Waals surface area contributed by atoms with E-state index in [0.29, 0.717) is 28.0 Å². The number of nitrogens with zero attached hydrogens (tertiary/aromatic N) is 1. The Morgan fingerprint density at radius 1 is 1.30 bits per heavy atom. The van der Waals surface area contributed by atoms with Crippen LogP contribution in [-0.2, 0) is 6.54 Å². The van der Waals surface area contributed by atoms with Crippen LogP contribution in [0.25, 0.3) is 0 Å². The minimum Gasteiger partial charge on any atom is -0.311 e. The highest BCUT2D eigenvalue weighted by Crippen LogP contribution is 2.25. The molecule has 0 radical (unpaired) electrons. The lowest BCUT2D eigenvalue weighted by Crippen LogP contribution is -2.57. The van der Waals surface area contributed by atoms with Crippen LogP contribution in [0.2, 0.25) is 10.0 Å². The Morgan fingerprint density at radius 2 is 2.05 bits per heavy atom. The lowest BCUT2D eigenvalue weighted by molar-refractivity contribution is 0.103. The van der Waals surface area contributed by atoms with Gasteiger partial charge in [-0.15, -0.1) is 0 Å². The summed E-state index contributed by atoms with van der Waals surface area (Å²) in [5, 5.41) is 4.94. The zero-order valence-corrected chi connectivity index (χ0v) is 14.0. The van der Waals surface area contributed by atoms with Crippen molar-refractivity contribution in [3.8, 4) is 0 Å². The van der Waals surface area contributed by atoms with Crippen molar-refractivity contribution >= 4 is 23.2 Å². The molecule has 1 N–H and O–H groups in total. The third kappa shape index (κ3) is 3.88. The van der Waals surface area contributed by atoms with Gasteiger partial charge in [-0.05, 0) is 30.0 Å². The standard InChI is InChI=1S/C16H24Cl2N2/c1-4-13-8-19-16(11(2)3)10-20(13)9-12-5-6-14(17)15(18)7-12/h5-7,11,13,16,19H,4,8-10H2,1-3H3. The maximum atomic E-state index is 6.12. The number of rotatable bonds is 4. The lowest BCUT2D eigenvalue weighted by atomic mass is 9.98. The van der Waals surface area contributed by atoms with Gasteiger partial charge in [-0.25, -0.2) is 0 Å². The molecule has 0 aromatic heterocycles. The van der Waals surface area contributed by atoms with Crippen LogP contribution in [0.5, 0.6) is 0 Å². The first kappa shape index (κ1) is 16.1. The first-order valence-electron chi connectivity index (χ1n) is 7.42. The van der Waals surface area contributed by atoms with Gasteiger partial charge in [0.15, 0.2) is 0 Å². The molecule has 1 saturated heterocycles. The molecule has 112 valence electrons. The Bertz CT molecular complexity index is 448. The molecule has 20 heavy (non-hydrogen) atoms. The van der Waals surface area contributed by atoms with Crippen molar-refractivity contribution < 1.29 is 0 Å². The Kier molecular flexibility index (Phi) is 5.74. The second-order valence-electron chi connectivity index (χ2n) is 6.00. The summed E-state index contributed by atoms with van der Waals surface area (Å²) >= 11 is 12.1. The van der Waals surface area contributed by atoms with Crippen LogP contribution < -0.4 is 5.32 Å². The highest BCUT2D eigenvalue weighted by Gasteiger charge is 2.28. The molecular formula is C16H24Cl2N2. The predicted octanol–water partition coefficient (Wildman–Crippen LogP) is 4.20. The van der Waals surface area contributed by atoms with Gasteiger partial charge < -0.3 is 5.32 Å². The number of halogens is 2. The van der Waals surface area contributed by atoms with Gasteiger partial charge in [0, 0.05) is 31.7 Å². The summed E-state index contributed by atoms with van der Waals surface area (Å²) < 4.78 is 0. The van der Waals surface area contributed by atoms with Crippen LogP contribution in [-0.4, -0.2) is 30.1 Å². The summed E-state index contributed by atoms with van der Waals surface area (Å²) in [6.07, 6.45) is 1.17. The molecule has 1 aliphatic rings. The molecule has 0 spiro atoms. The summed E-state index contributed by atoms with van der Waals surface area (Å²) in [4.78, 5) is 2.57. The molecule has 0 bridgehead atoms. The molecule has 2 atom stereocenters. The van der Waals surface area contributed by atoms with E-state index in [2.05, 4.69) is 37.1 Å². The molecular weight excluding hydrogens is 291 g/mol. The van der Waals surface area contributed by atoms with Gasteiger partial charge in [0.1, 0.15) is 0 Å². The first-order chi connectivity index (χ1) is 9.51. The normalized spacial score (nSPS) is 24.3. The number of hydrogen-bond donors (Lipinski definition) is 1. The topological polar surface area (TPSA) is 15.3 Å². The lowest BCUT2D eigenvalue weighted by Gasteiger charge is -2.41. The maximum absolute atomic E-state index is 6.12. The third-order valence-corrected chi connectivity index (χ3v) is 4.95. The molecule has 1 aromatic carbocycles. The van der Waals surface area contributed by atoms with Crippen molar-refractivity contribution in [2.45, 2.75) is 45.8 Å². The smallest absolute Gasteiger partial charge is 0.0595 e. The molecule has 2 nitrogen and oxygen atoms in total. The van der Waals surface area contributed by atoms with E-state index in [1.807, 2.05) is 12.1 Å². The predicted molar refractivity (Wildman–Crippen MR) is 87.6 cm³/mol. The van der Waals surface area contributed by atoms with Crippen molar-refractivity contribution in [1.82, 2.24) is 10.2 Å². The SMILES string of the molecule is CCC1CNC(C(C)C)CN1Cc1ccc(Cl)c(Cl)c1. The summed E-state index contributed by atoms with van der Waals surface area (Å²) in [6.45, 7) is 9.92. The van der Waals surface area contributed by atoms with Crippen molar-refractivity contribution in [1.29, 1.82) is 0 Å². The number of piperazine rings is 1. The molecule has 4 heteroatoms. The minimum atomic E-state index is 0.570. The monoisotopic (exact) mass is 314 g/mol. The van der Waals surface area contributed by atoms with Crippen LogP contribution >= 0.6 is 23.2 Å². The van der Waals surface area contributed by atoms with E-state index in [9.17, 15) is 0 Å². The summed E-state index contributed by atoms with van der Waals surface area (Å²) in [5.74, 6) is 0.657. The second-order valence-corrected chi connectivity index (χ2v) is 6.81. The second kappa shape index (κ2) is 7.13. The molecule has 0 amide bonds. The Balaban J connectivity index is 2.09. The van der Waals surface area contributed by atoms with Crippen molar-refractivity contribution in [3.05, 3.63) is 33.8 Å². The zero-order valence-electron chi connectivity index (χ0n) is 12.5. The van der Waals surface area contributed by atoms with Crippen molar-refractivity contribution in [2.75, 3.05) is 13.1 Å². The van der Waals surface area contributed by atoms with Gasteiger partial charge in [-0.2, -0.15) is 0 Å². The number of benzene rings is 1. The first-order valence-corrected chi connectivity index (χ1v) is 8.18. The molecule has 2 unspecified atom stereocenters. The van der Waals surface area contributed by atoms with E-state index >= 15 is 0 Å². The van der Waals surface area contributed by atoms with Gasteiger partial charge in [0.05, 0.1) is 10.0 Å². The van der Waals surface area contributed by atoms with E-state index in [4.69, 9.17) is 23.2 Å². The third-order valence-electron chi connectivity index (χ3n) is 4.21. The quantitative estimate of drug-likeness (QED) is 0.896. The Morgan fingerprint density at radius 3 is 2.65 bits per heavy atom. The molecule has 1 heterocycles. The summed E-state index contributed by atoms with van der Waals surface area (Å²) in [5.41, 5.74) is 1.24. The zero-order chi connectivity index (χ0) is 14.7. The van der Waals surface area contributed by atoms with E-state index in [-0.39, 0.29) is 0 Å². The van der Waals surface area contributed by atoms with Gasteiger partial charge >= 0.3 is 0 Å². The fraction of sp³-hybridized carbons (Fsp3) is 0.625. The average molecular weight is 315 g/mol. The van der Waals surface area contributed by atoms with Crippen LogP contribution in [0.4, 0.5) is 0 Å². The maximum Gasteiger partial charge on any atom is 0.0595 e. The number of hydrogen-bond acceptors (Lipinski definition) is 2. The fourth-order valence-corrected chi connectivity index (χ4v) is 3.12. The fourth-order valence-electron chi connectivity index (χ4n) is 2.80. The molecule has 0 saturated carbocycles. The molecule has 1 aromatic rings. The minimum absolute atomic E-state index is 0.570. The Hall–Kier alpha value is -0.280. The largest absolute Gasteiger partial charge is 0.311 e. The van der Waals surface area contributed by atoms with Crippen molar-refractivity contribution in [2.24, 2.45) is 5.92 Å². The highest BCUT2D eigenvalue weighted by atomic mass is 35.5. The molecule has 1 fully saturated rings. The van der Waals surface area contributed by atoms with Gasteiger partial charge in [-0.3, -0.25) is 4.90 Å². The van der Waals surface area contributed by atoms with E-state index in [1.54, 1.807) is 0 Å². The van der Waals surface area contributed by atoms with E-state index in [1.165, 1.54) is 12.0 Å². The van der Waals surface area contributed by atoms with Gasteiger partial charge in [0.25, 0.3) is 0 Å². The van der Waals surface area contributed by atoms with Crippen LogP contribution in [0.3, 0.4) is 0 Å². The van der Waals surface area contributed by atoms with E-state index in [0.717, 1.165) is 19.6 Å². The molecule has 0 aliphatic carbocycles. The van der Waals surface area contributed by atoms with Crippen LogP contribution in [0.1, 0.15) is 32.8 Å². The Labute approximate surface area is 132 Å². The highest BCUT2D eigenvalue weighted by molar-refractivity contribution is 6.42. The van der Waals surface area contributed by atoms with E-state index < -0.39 is 0 Å².